The van der Waals surface area contributed by atoms with Gasteiger partial charge in [0.1, 0.15) is 11.6 Å². The number of unbranched alkanes of at least 4 members (excludes halogenated alkanes) is 1. The van der Waals surface area contributed by atoms with Crippen LogP contribution in [0.25, 0.3) is 0 Å². The molecule has 0 radical (unpaired) electrons. The van der Waals surface area contributed by atoms with Crippen LogP contribution in [0.2, 0.25) is 0 Å². The summed E-state index contributed by atoms with van der Waals surface area (Å²) in [4.78, 5) is 0. The van der Waals surface area contributed by atoms with Gasteiger partial charge in [0.25, 0.3) is 0 Å². The fraction of sp³-hybridized carbons (Fsp3) is 0.628. The third-order valence-corrected chi connectivity index (χ3v) is 12.5. The number of aryl methyl sites for hydroxylation is 2. The van der Waals surface area contributed by atoms with Crippen molar-refractivity contribution in [3.05, 3.63) is 70.3 Å². The zero-order valence-corrected chi connectivity index (χ0v) is 28.7. The standard InChI is InChI=1S/C22H29F.C21H27F/c1-3-5-9-21-11-14-22(15-12-21,16-13-21)10-8-18-6-7-19(4-2)20(23)17-18;1-3-8-20-10-13-21(14-11-20,15-12-20)9-7-17-5-6-18(4-2)19(22)16-17/h6-7,17H,3-5,9,11-16H2,1-2H3;5-6,16H,3-4,8,10-15H2,1-2H3. The zero-order chi connectivity index (χ0) is 32.0. The first-order valence-corrected chi connectivity index (χ1v) is 18.3. The number of hydrogen-bond acceptors (Lipinski definition) is 0. The highest BCUT2D eigenvalue weighted by Gasteiger charge is 2.48. The molecule has 0 nitrogen and oxygen atoms in total. The molecular weight excluding hydrogens is 554 g/mol. The van der Waals surface area contributed by atoms with Crippen molar-refractivity contribution < 1.29 is 8.78 Å². The maximum atomic E-state index is 13.9. The summed E-state index contributed by atoms with van der Waals surface area (Å²) in [7, 11) is 0. The Kier molecular flexibility index (Phi) is 10.8. The van der Waals surface area contributed by atoms with Crippen molar-refractivity contribution in [1.82, 2.24) is 0 Å². The molecule has 0 aromatic heterocycles. The van der Waals surface area contributed by atoms with Gasteiger partial charge in [0, 0.05) is 22.0 Å². The summed E-state index contributed by atoms with van der Waals surface area (Å²) in [5.41, 5.74) is 4.93. The van der Waals surface area contributed by atoms with E-state index in [9.17, 15) is 8.78 Å². The highest BCUT2D eigenvalue weighted by molar-refractivity contribution is 5.40. The molecular formula is C43H56F2. The van der Waals surface area contributed by atoms with Gasteiger partial charge in [0.05, 0.1) is 0 Å². The second-order valence-corrected chi connectivity index (χ2v) is 15.2. The Labute approximate surface area is 273 Å². The van der Waals surface area contributed by atoms with Gasteiger partial charge >= 0.3 is 0 Å². The van der Waals surface area contributed by atoms with Gasteiger partial charge in [-0.05, 0) is 149 Å². The Bertz CT molecular complexity index is 1390. The van der Waals surface area contributed by atoms with Crippen molar-refractivity contribution in [2.75, 3.05) is 0 Å². The summed E-state index contributed by atoms with van der Waals surface area (Å²) in [6.45, 7) is 8.56. The van der Waals surface area contributed by atoms with Crippen molar-refractivity contribution in [3.63, 3.8) is 0 Å². The summed E-state index contributed by atoms with van der Waals surface area (Å²) in [6.07, 6.45) is 23.9. The first-order chi connectivity index (χ1) is 21.7. The minimum atomic E-state index is -0.110. The molecule has 2 aromatic rings. The predicted molar refractivity (Wildman–Crippen MR) is 185 cm³/mol. The molecule has 4 bridgehead atoms. The summed E-state index contributed by atoms with van der Waals surface area (Å²) in [5, 5.41) is 0. The Morgan fingerprint density at radius 3 is 1.27 bits per heavy atom. The highest BCUT2D eigenvalue weighted by Crippen LogP contribution is 2.59. The maximum Gasteiger partial charge on any atom is 0.127 e. The van der Waals surface area contributed by atoms with Gasteiger partial charge in [0.2, 0.25) is 0 Å². The summed E-state index contributed by atoms with van der Waals surface area (Å²) < 4.78 is 27.8. The van der Waals surface area contributed by atoms with Gasteiger partial charge in [-0.15, -0.1) is 0 Å². The Hall–Kier alpha value is -2.58. The third-order valence-electron chi connectivity index (χ3n) is 12.5. The molecule has 0 heterocycles. The molecule has 0 aliphatic heterocycles. The molecule has 0 atom stereocenters. The Morgan fingerprint density at radius 2 is 0.933 bits per heavy atom. The lowest BCUT2D eigenvalue weighted by Gasteiger charge is -2.51. The van der Waals surface area contributed by atoms with Crippen LogP contribution < -0.4 is 0 Å². The second kappa shape index (κ2) is 14.5. The van der Waals surface area contributed by atoms with Crippen LogP contribution in [0.3, 0.4) is 0 Å². The van der Waals surface area contributed by atoms with Crippen LogP contribution in [0.15, 0.2) is 36.4 Å². The van der Waals surface area contributed by atoms with E-state index in [0.29, 0.717) is 10.8 Å². The van der Waals surface area contributed by atoms with Crippen LogP contribution in [0.4, 0.5) is 8.78 Å². The van der Waals surface area contributed by atoms with Gasteiger partial charge in [-0.2, -0.15) is 0 Å². The monoisotopic (exact) mass is 610 g/mol. The smallest absolute Gasteiger partial charge is 0.127 e. The molecule has 0 saturated heterocycles. The minimum absolute atomic E-state index is 0.109. The average Bonchev–Trinajstić information content (AvgIpc) is 3.08. The van der Waals surface area contributed by atoms with Crippen LogP contribution in [0.1, 0.15) is 159 Å². The topological polar surface area (TPSA) is 0 Å². The molecule has 2 heteroatoms. The third kappa shape index (κ3) is 7.87. The quantitative estimate of drug-likeness (QED) is 0.274. The first-order valence-electron chi connectivity index (χ1n) is 18.3. The van der Waals surface area contributed by atoms with Crippen LogP contribution >= 0.6 is 0 Å². The summed E-state index contributed by atoms with van der Waals surface area (Å²) in [6, 6.07) is 10.9. The predicted octanol–water partition coefficient (Wildman–Crippen LogP) is 12.2. The number of hydrogen-bond donors (Lipinski definition) is 0. The SMILES string of the molecule is CCCC12CCC(C#Cc3ccc(CC)c(F)c3)(CC1)CC2.CCCCC12CCC(C#Cc3ccc(CC)c(F)c3)(CC1)CC2. The molecule has 6 saturated carbocycles. The average molecular weight is 611 g/mol. The van der Waals surface area contributed by atoms with Crippen LogP contribution in [-0.2, 0) is 12.8 Å². The number of benzene rings is 2. The van der Waals surface area contributed by atoms with Gasteiger partial charge in [0.15, 0.2) is 0 Å². The van der Waals surface area contributed by atoms with E-state index in [1.807, 2.05) is 38.1 Å². The van der Waals surface area contributed by atoms with Crippen molar-refractivity contribution in [2.45, 2.75) is 150 Å². The lowest BCUT2D eigenvalue weighted by molar-refractivity contribution is 0.0189. The van der Waals surface area contributed by atoms with Gasteiger partial charge in [-0.25, -0.2) is 8.78 Å². The fourth-order valence-corrected chi connectivity index (χ4v) is 8.97. The molecule has 6 aliphatic carbocycles. The molecule has 8 rings (SSSR count). The Morgan fingerprint density at radius 1 is 0.533 bits per heavy atom. The van der Waals surface area contributed by atoms with Crippen LogP contribution in [-0.4, -0.2) is 0 Å². The van der Waals surface area contributed by atoms with E-state index in [4.69, 9.17) is 0 Å². The number of fused-ring (bicyclic) bond motifs is 6. The fourth-order valence-electron chi connectivity index (χ4n) is 8.97. The first kappa shape index (κ1) is 33.8. The van der Waals surface area contributed by atoms with E-state index in [1.165, 1.54) is 109 Å². The molecule has 0 unspecified atom stereocenters. The number of rotatable bonds is 7. The normalized spacial score (nSPS) is 29.6. The molecule has 45 heavy (non-hydrogen) atoms. The van der Waals surface area contributed by atoms with E-state index < -0.39 is 0 Å². The highest BCUT2D eigenvalue weighted by atomic mass is 19.1. The van der Waals surface area contributed by atoms with Crippen molar-refractivity contribution in [1.29, 1.82) is 0 Å². The molecule has 0 N–H and O–H groups in total. The van der Waals surface area contributed by atoms with E-state index in [2.05, 4.69) is 37.5 Å². The van der Waals surface area contributed by atoms with E-state index in [1.54, 1.807) is 12.1 Å². The van der Waals surface area contributed by atoms with E-state index >= 15 is 0 Å². The van der Waals surface area contributed by atoms with Gasteiger partial charge < -0.3 is 0 Å². The molecule has 0 amide bonds. The molecule has 0 spiro atoms. The molecule has 2 aromatic carbocycles. The molecule has 6 fully saturated rings. The largest absolute Gasteiger partial charge is 0.207 e. The van der Waals surface area contributed by atoms with Crippen LogP contribution in [0.5, 0.6) is 0 Å². The van der Waals surface area contributed by atoms with Crippen molar-refractivity contribution >= 4 is 0 Å². The van der Waals surface area contributed by atoms with Crippen molar-refractivity contribution in [3.8, 4) is 23.7 Å². The van der Waals surface area contributed by atoms with Gasteiger partial charge in [-0.1, -0.05) is 82.8 Å². The maximum absolute atomic E-state index is 13.9. The van der Waals surface area contributed by atoms with E-state index in [-0.39, 0.29) is 22.5 Å². The van der Waals surface area contributed by atoms with Crippen LogP contribution in [0, 0.1) is 57.0 Å². The lowest BCUT2D eigenvalue weighted by atomic mass is 9.53. The second-order valence-electron chi connectivity index (χ2n) is 15.2. The summed E-state index contributed by atoms with van der Waals surface area (Å²) >= 11 is 0. The molecule has 6 aliphatic rings. The lowest BCUT2D eigenvalue weighted by Crippen LogP contribution is -2.40. The summed E-state index contributed by atoms with van der Waals surface area (Å²) in [5.74, 6) is 13.5. The number of halogens is 2. The van der Waals surface area contributed by atoms with Gasteiger partial charge in [-0.3, -0.25) is 0 Å². The Balaban J connectivity index is 0.000000178. The molecule has 242 valence electrons. The van der Waals surface area contributed by atoms with Crippen molar-refractivity contribution in [2.24, 2.45) is 21.7 Å². The zero-order valence-electron chi connectivity index (χ0n) is 28.7. The minimum Gasteiger partial charge on any atom is -0.207 e. The van der Waals surface area contributed by atoms with E-state index in [0.717, 1.165) is 35.1 Å².